The van der Waals surface area contributed by atoms with Crippen molar-refractivity contribution in [3.05, 3.63) is 75.8 Å². The maximum absolute atomic E-state index is 12.0. The van der Waals surface area contributed by atoms with Crippen molar-refractivity contribution >= 4 is 28.6 Å². The SMILES string of the molecule is COc1ccc2ccccc2c1/C=N\NC(=O)COc1ccc(C)cc1[N+](=O)[O-]. The van der Waals surface area contributed by atoms with Crippen LogP contribution in [0.3, 0.4) is 0 Å². The number of benzene rings is 3. The number of carbonyl (C=O) groups excluding carboxylic acids is 1. The zero-order valence-electron chi connectivity index (χ0n) is 15.9. The number of nitro groups is 1. The zero-order valence-corrected chi connectivity index (χ0v) is 15.9. The van der Waals surface area contributed by atoms with Gasteiger partial charge in [0.05, 0.1) is 18.2 Å². The Morgan fingerprint density at radius 3 is 2.69 bits per heavy atom. The van der Waals surface area contributed by atoms with Crippen LogP contribution in [-0.4, -0.2) is 30.8 Å². The van der Waals surface area contributed by atoms with E-state index < -0.39 is 17.4 Å². The van der Waals surface area contributed by atoms with Crippen molar-refractivity contribution in [2.45, 2.75) is 6.92 Å². The largest absolute Gasteiger partial charge is 0.496 e. The summed E-state index contributed by atoms with van der Waals surface area (Å²) < 4.78 is 10.6. The Bertz CT molecular complexity index is 1090. The van der Waals surface area contributed by atoms with Crippen LogP contribution < -0.4 is 14.9 Å². The van der Waals surface area contributed by atoms with Gasteiger partial charge in [0.1, 0.15) is 5.75 Å². The Morgan fingerprint density at radius 2 is 1.93 bits per heavy atom. The third-order valence-corrected chi connectivity index (χ3v) is 4.20. The molecule has 0 unspecified atom stereocenters. The van der Waals surface area contributed by atoms with Gasteiger partial charge in [0.25, 0.3) is 5.91 Å². The molecule has 0 aliphatic heterocycles. The molecule has 8 heteroatoms. The standard InChI is InChI=1S/C21H19N3O5/c1-14-7-9-20(18(11-14)24(26)27)29-13-21(25)23-22-12-17-16-6-4-3-5-15(16)8-10-19(17)28-2/h3-12H,13H2,1-2H3,(H,23,25)/b22-12-. The van der Waals surface area contributed by atoms with E-state index in [1.165, 1.54) is 18.3 Å². The van der Waals surface area contributed by atoms with Crippen molar-refractivity contribution in [2.24, 2.45) is 5.10 Å². The monoisotopic (exact) mass is 393 g/mol. The topological polar surface area (TPSA) is 103 Å². The van der Waals surface area contributed by atoms with E-state index in [1.54, 1.807) is 20.1 Å². The number of hydrogen-bond donors (Lipinski definition) is 1. The van der Waals surface area contributed by atoms with Crippen molar-refractivity contribution in [1.29, 1.82) is 0 Å². The van der Waals surface area contributed by atoms with Crippen LogP contribution in [0.5, 0.6) is 11.5 Å². The summed E-state index contributed by atoms with van der Waals surface area (Å²) in [6.07, 6.45) is 1.49. The lowest BCUT2D eigenvalue weighted by molar-refractivity contribution is -0.385. The molecule has 3 aromatic carbocycles. The first-order chi connectivity index (χ1) is 14.0. The van der Waals surface area contributed by atoms with Crippen LogP contribution in [-0.2, 0) is 4.79 Å². The quantitative estimate of drug-likeness (QED) is 0.375. The highest BCUT2D eigenvalue weighted by Gasteiger charge is 2.16. The molecule has 0 aliphatic carbocycles. The number of methoxy groups -OCH3 is 1. The lowest BCUT2D eigenvalue weighted by atomic mass is 10.0. The summed E-state index contributed by atoms with van der Waals surface area (Å²) in [5.41, 5.74) is 3.61. The van der Waals surface area contributed by atoms with Gasteiger partial charge in [-0.3, -0.25) is 14.9 Å². The molecule has 148 valence electrons. The summed E-state index contributed by atoms with van der Waals surface area (Å²) in [5, 5.41) is 17.0. The Balaban J connectivity index is 1.68. The first-order valence-electron chi connectivity index (χ1n) is 8.75. The van der Waals surface area contributed by atoms with Gasteiger partial charge >= 0.3 is 5.69 Å². The molecule has 0 bridgehead atoms. The van der Waals surface area contributed by atoms with Crippen molar-refractivity contribution in [2.75, 3.05) is 13.7 Å². The number of nitro benzene ring substituents is 1. The third kappa shape index (κ3) is 4.67. The van der Waals surface area contributed by atoms with Crippen molar-refractivity contribution < 1.29 is 19.2 Å². The van der Waals surface area contributed by atoms with Crippen molar-refractivity contribution in [3.63, 3.8) is 0 Å². The normalized spacial score (nSPS) is 10.8. The summed E-state index contributed by atoms with van der Waals surface area (Å²) in [4.78, 5) is 22.6. The van der Waals surface area contributed by atoms with Gasteiger partial charge in [0.15, 0.2) is 12.4 Å². The minimum atomic E-state index is -0.550. The van der Waals surface area contributed by atoms with Crippen LogP contribution in [0.15, 0.2) is 59.7 Å². The molecule has 0 radical (unpaired) electrons. The molecular weight excluding hydrogens is 374 g/mol. The summed E-state index contributed by atoms with van der Waals surface area (Å²) >= 11 is 0. The van der Waals surface area contributed by atoms with E-state index in [0.29, 0.717) is 5.75 Å². The summed E-state index contributed by atoms with van der Waals surface area (Å²) in [5.74, 6) is 0.0963. The molecular formula is C21H19N3O5. The molecule has 0 atom stereocenters. The molecule has 0 aliphatic rings. The van der Waals surface area contributed by atoms with Gasteiger partial charge in [-0.05, 0) is 35.4 Å². The fraction of sp³-hybridized carbons (Fsp3) is 0.143. The fourth-order valence-electron chi connectivity index (χ4n) is 2.82. The van der Waals surface area contributed by atoms with Gasteiger partial charge in [-0.1, -0.05) is 36.4 Å². The highest BCUT2D eigenvalue weighted by molar-refractivity contribution is 6.02. The average molecular weight is 393 g/mol. The number of hydrazone groups is 1. The number of carbonyl (C=O) groups is 1. The number of aryl methyl sites for hydroxylation is 1. The predicted octanol–water partition coefficient (Wildman–Crippen LogP) is 3.59. The van der Waals surface area contributed by atoms with Gasteiger partial charge in [-0.25, -0.2) is 5.43 Å². The lowest BCUT2D eigenvalue weighted by Gasteiger charge is -2.08. The smallest absolute Gasteiger partial charge is 0.311 e. The number of nitrogens with zero attached hydrogens (tertiary/aromatic N) is 2. The predicted molar refractivity (Wildman–Crippen MR) is 110 cm³/mol. The first kappa shape index (κ1) is 19.8. The van der Waals surface area contributed by atoms with E-state index in [2.05, 4.69) is 10.5 Å². The first-order valence-corrected chi connectivity index (χ1v) is 8.75. The van der Waals surface area contributed by atoms with Crippen molar-refractivity contribution in [1.82, 2.24) is 5.43 Å². The molecule has 0 saturated carbocycles. The van der Waals surface area contributed by atoms with E-state index in [-0.39, 0.29) is 11.4 Å². The molecule has 3 aromatic rings. The Kier molecular flexibility index (Phi) is 6.03. The third-order valence-electron chi connectivity index (χ3n) is 4.20. The van der Waals surface area contributed by atoms with Crippen LogP contribution in [0.25, 0.3) is 10.8 Å². The molecule has 3 rings (SSSR count). The second-order valence-electron chi connectivity index (χ2n) is 6.21. The van der Waals surface area contributed by atoms with Crippen LogP contribution in [0.2, 0.25) is 0 Å². The van der Waals surface area contributed by atoms with Crippen LogP contribution >= 0.6 is 0 Å². The molecule has 0 aromatic heterocycles. The highest BCUT2D eigenvalue weighted by atomic mass is 16.6. The van der Waals surface area contributed by atoms with Crippen LogP contribution in [0.4, 0.5) is 5.69 Å². The molecule has 1 N–H and O–H groups in total. The minimum Gasteiger partial charge on any atom is -0.496 e. The van der Waals surface area contributed by atoms with E-state index in [1.807, 2.05) is 36.4 Å². The minimum absolute atomic E-state index is 0.0236. The van der Waals surface area contributed by atoms with Gasteiger partial charge in [0.2, 0.25) is 0 Å². The summed E-state index contributed by atoms with van der Waals surface area (Å²) in [6, 6.07) is 16.0. The Morgan fingerprint density at radius 1 is 1.17 bits per heavy atom. The van der Waals surface area contributed by atoms with Crippen LogP contribution in [0.1, 0.15) is 11.1 Å². The number of fused-ring (bicyclic) bond motifs is 1. The summed E-state index contributed by atoms with van der Waals surface area (Å²) in [6.45, 7) is 1.33. The molecule has 0 saturated heterocycles. The van der Waals surface area contributed by atoms with Gasteiger partial charge in [0, 0.05) is 11.6 Å². The lowest BCUT2D eigenvalue weighted by Crippen LogP contribution is -2.24. The summed E-state index contributed by atoms with van der Waals surface area (Å²) in [7, 11) is 1.56. The number of nitrogens with one attached hydrogen (secondary N) is 1. The molecule has 1 amide bonds. The second-order valence-corrected chi connectivity index (χ2v) is 6.21. The highest BCUT2D eigenvalue weighted by Crippen LogP contribution is 2.28. The second kappa shape index (κ2) is 8.83. The number of ether oxygens (including phenoxy) is 2. The van der Waals surface area contributed by atoms with Crippen LogP contribution in [0, 0.1) is 17.0 Å². The molecule has 0 heterocycles. The van der Waals surface area contributed by atoms with Gasteiger partial charge in [-0.2, -0.15) is 5.10 Å². The molecule has 8 nitrogen and oxygen atoms in total. The Hall–Kier alpha value is -3.94. The van der Waals surface area contributed by atoms with Gasteiger partial charge < -0.3 is 9.47 Å². The molecule has 0 fully saturated rings. The fourth-order valence-corrected chi connectivity index (χ4v) is 2.82. The number of hydrogen-bond acceptors (Lipinski definition) is 6. The molecule has 29 heavy (non-hydrogen) atoms. The van der Waals surface area contributed by atoms with Gasteiger partial charge in [-0.15, -0.1) is 0 Å². The maximum Gasteiger partial charge on any atom is 0.311 e. The molecule has 0 spiro atoms. The number of amides is 1. The van der Waals surface area contributed by atoms with Crippen molar-refractivity contribution in [3.8, 4) is 11.5 Å². The van der Waals surface area contributed by atoms with E-state index in [4.69, 9.17) is 9.47 Å². The maximum atomic E-state index is 12.0. The van der Waals surface area contributed by atoms with E-state index in [9.17, 15) is 14.9 Å². The van der Waals surface area contributed by atoms with E-state index >= 15 is 0 Å². The van der Waals surface area contributed by atoms with E-state index in [0.717, 1.165) is 21.9 Å². The zero-order chi connectivity index (χ0) is 20.8. The number of rotatable bonds is 7. The average Bonchev–Trinajstić information content (AvgIpc) is 2.72. The Labute approximate surface area is 166 Å².